The molecule has 142 valence electrons. The number of benzene rings is 1. The number of ether oxygens (including phenoxy) is 1. The molecular weight excluding hydrogens is 343 g/mol. The predicted molar refractivity (Wildman–Crippen MR) is 95.8 cm³/mol. The van der Waals surface area contributed by atoms with Gasteiger partial charge in [-0.25, -0.2) is 4.98 Å². The highest BCUT2D eigenvalue weighted by molar-refractivity contribution is 5.55. The van der Waals surface area contributed by atoms with Crippen LogP contribution >= 0.6 is 0 Å². The molecule has 7 heteroatoms. The van der Waals surface area contributed by atoms with Crippen molar-refractivity contribution in [2.24, 2.45) is 0 Å². The maximum absolute atomic E-state index is 13.2. The Morgan fingerprint density at radius 2 is 1.50 bits per heavy atom. The number of halogens is 3. The van der Waals surface area contributed by atoms with Gasteiger partial charge in [-0.05, 0) is 43.9 Å². The molecule has 0 amide bonds. The summed E-state index contributed by atoms with van der Waals surface area (Å²) in [6.45, 7) is 11.3. The lowest BCUT2D eigenvalue weighted by Gasteiger charge is -2.23. The molecule has 1 aromatic carbocycles. The third-order valence-corrected chi connectivity index (χ3v) is 3.47. The molecule has 0 unspecified atom stereocenters. The second kappa shape index (κ2) is 6.78. The SMILES string of the molecule is CC(C)(C)Oc1nc(Nc2ccc(C(C)(C)C)cc2)ncc1C(F)(F)F. The minimum atomic E-state index is -4.59. The Kier molecular flexibility index (Phi) is 5.21. The lowest BCUT2D eigenvalue weighted by atomic mass is 9.87. The zero-order chi connectivity index (χ0) is 19.8. The smallest absolute Gasteiger partial charge is 0.423 e. The Morgan fingerprint density at radius 3 is 1.96 bits per heavy atom. The first-order valence-electron chi connectivity index (χ1n) is 8.26. The average Bonchev–Trinajstić information content (AvgIpc) is 2.44. The first-order chi connectivity index (χ1) is 11.8. The lowest BCUT2D eigenvalue weighted by Crippen LogP contribution is -2.26. The van der Waals surface area contributed by atoms with E-state index in [0.717, 1.165) is 11.8 Å². The van der Waals surface area contributed by atoms with E-state index in [-0.39, 0.29) is 11.4 Å². The fourth-order valence-electron chi connectivity index (χ4n) is 2.17. The topological polar surface area (TPSA) is 47.0 Å². The summed E-state index contributed by atoms with van der Waals surface area (Å²) in [6.07, 6.45) is -3.85. The van der Waals surface area contributed by atoms with Crippen LogP contribution in [0.15, 0.2) is 30.5 Å². The monoisotopic (exact) mass is 367 g/mol. The van der Waals surface area contributed by atoms with E-state index in [4.69, 9.17) is 4.74 Å². The van der Waals surface area contributed by atoms with Crippen molar-refractivity contribution < 1.29 is 17.9 Å². The Hall–Kier alpha value is -2.31. The summed E-state index contributed by atoms with van der Waals surface area (Å²) in [5, 5.41) is 2.92. The van der Waals surface area contributed by atoms with Gasteiger partial charge in [0.15, 0.2) is 0 Å². The Bertz CT molecular complexity index is 758. The highest BCUT2D eigenvalue weighted by Crippen LogP contribution is 2.36. The Labute approximate surface area is 151 Å². The molecule has 1 heterocycles. The Balaban J connectivity index is 2.31. The van der Waals surface area contributed by atoms with Crippen molar-refractivity contribution in [1.82, 2.24) is 9.97 Å². The standard InChI is InChI=1S/C19H24F3N3O/c1-17(2,3)12-7-9-13(10-8-12)24-16-23-11-14(19(20,21)22)15(25-16)26-18(4,5)6/h7-11H,1-6H3,(H,23,24,25). The molecule has 4 nitrogen and oxygen atoms in total. The van der Waals surface area contributed by atoms with Gasteiger partial charge >= 0.3 is 6.18 Å². The van der Waals surface area contributed by atoms with E-state index in [1.807, 2.05) is 24.3 Å². The van der Waals surface area contributed by atoms with Crippen LogP contribution in [0.2, 0.25) is 0 Å². The molecule has 0 aliphatic heterocycles. The van der Waals surface area contributed by atoms with E-state index in [0.29, 0.717) is 5.69 Å². The minimum Gasteiger partial charge on any atom is -0.471 e. The molecule has 2 rings (SSSR count). The van der Waals surface area contributed by atoms with Crippen LogP contribution in [0.4, 0.5) is 24.8 Å². The van der Waals surface area contributed by atoms with Crippen LogP contribution in [0.5, 0.6) is 5.88 Å². The van der Waals surface area contributed by atoms with Gasteiger partial charge in [0.05, 0.1) is 0 Å². The van der Waals surface area contributed by atoms with Gasteiger partial charge in [0.1, 0.15) is 11.2 Å². The van der Waals surface area contributed by atoms with Crippen molar-refractivity contribution >= 4 is 11.6 Å². The van der Waals surface area contributed by atoms with Gasteiger partial charge in [-0.1, -0.05) is 32.9 Å². The van der Waals surface area contributed by atoms with Gasteiger partial charge in [0.25, 0.3) is 0 Å². The summed E-state index contributed by atoms with van der Waals surface area (Å²) in [6, 6.07) is 7.59. The molecule has 26 heavy (non-hydrogen) atoms. The van der Waals surface area contributed by atoms with Crippen LogP contribution in [0.1, 0.15) is 52.7 Å². The third-order valence-electron chi connectivity index (χ3n) is 3.47. The number of aromatic nitrogens is 2. The first kappa shape index (κ1) is 20.0. The third kappa shape index (κ3) is 5.34. The van der Waals surface area contributed by atoms with Crippen molar-refractivity contribution in [2.45, 2.75) is 58.7 Å². The predicted octanol–water partition coefficient (Wildman–Crippen LogP) is 5.71. The van der Waals surface area contributed by atoms with Crippen molar-refractivity contribution in [3.8, 4) is 5.88 Å². The van der Waals surface area contributed by atoms with Crippen LogP contribution in [0.3, 0.4) is 0 Å². The molecule has 2 aromatic rings. The van der Waals surface area contributed by atoms with E-state index in [2.05, 4.69) is 36.1 Å². The summed E-state index contributed by atoms with van der Waals surface area (Å²) in [5.41, 5.74) is 0.0190. The molecule has 1 N–H and O–H groups in total. The largest absolute Gasteiger partial charge is 0.471 e. The van der Waals surface area contributed by atoms with Crippen molar-refractivity contribution in [3.63, 3.8) is 0 Å². The molecule has 0 bridgehead atoms. The number of hydrogen-bond acceptors (Lipinski definition) is 4. The van der Waals surface area contributed by atoms with Crippen molar-refractivity contribution in [3.05, 3.63) is 41.6 Å². The maximum atomic E-state index is 13.2. The molecule has 0 spiro atoms. The number of nitrogens with one attached hydrogen (secondary N) is 1. The molecule has 0 radical (unpaired) electrons. The van der Waals surface area contributed by atoms with Crippen LogP contribution in [-0.4, -0.2) is 15.6 Å². The quantitative estimate of drug-likeness (QED) is 0.754. The fourth-order valence-corrected chi connectivity index (χ4v) is 2.17. The lowest BCUT2D eigenvalue weighted by molar-refractivity contribution is -0.140. The van der Waals surface area contributed by atoms with Crippen molar-refractivity contribution in [2.75, 3.05) is 5.32 Å². The van der Waals surface area contributed by atoms with Crippen LogP contribution in [0, 0.1) is 0 Å². The number of rotatable bonds is 3. The molecule has 0 saturated carbocycles. The minimum absolute atomic E-state index is 0.0110. The highest BCUT2D eigenvalue weighted by Gasteiger charge is 2.37. The van der Waals surface area contributed by atoms with Gasteiger partial charge < -0.3 is 10.1 Å². The second-order valence-corrected chi connectivity index (χ2v) is 8.08. The van der Waals surface area contributed by atoms with Crippen LogP contribution in [0.25, 0.3) is 0 Å². The van der Waals surface area contributed by atoms with Gasteiger partial charge in [-0.3, -0.25) is 0 Å². The van der Waals surface area contributed by atoms with Crippen LogP contribution in [-0.2, 0) is 11.6 Å². The number of alkyl halides is 3. The van der Waals surface area contributed by atoms with E-state index in [1.54, 1.807) is 20.8 Å². The fraction of sp³-hybridized carbons (Fsp3) is 0.474. The zero-order valence-corrected chi connectivity index (χ0v) is 15.8. The van der Waals surface area contributed by atoms with E-state index in [1.165, 1.54) is 0 Å². The molecule has 1 aromatic heterocycles. The van der Waals surface area contributed by atoms with Crippen LogP contribution < -0.4 is 10.1 Å². The highest BCUT2D eigenvalue weighted by atomic mass is 19.4. The van der Waals surface area contributed by atoms with Gasteiger partial charge in [0, 0.05) is 11.9 Å². The molecule has 0 aliphatic carbocycles. The number of hydrogen-bond donors (Lipinski definition) is 1. The molecule has 0 fully saturated rings. The number of anilines is 2. The van der Waals surface area contributed by atoms with Gasteiger partial charge in [0.2, 0.25) is 11.8 Å². The summed E-state index contributed by atoms with van der Waals surface area (Å²) >= 11 is 0. The van der Waals surface area contributed by atoms with E-state index >= 15 is 0 Å². The normalized spacial score (nSPS) is 12.8. The molecular formula is C19H24F3N3O. The average molecular weight is 367 g/mol. The van der Waals surface area contributed by atoms with Crippen molar-refractivity contribution in [1.29, 1.82) is 0 Å². The Morgan fingerprint density at radius 1 is 0.923 bits per heavy atom. The second-order valence-electron chi connectivity index (χ2n) is 8.08. The first-order valence-corrected chi connectivity index (χ1v) is 8.26. The summed E-state index contributed by atoms with van der Waals surface area (Å²) in [4.78, 5) is 7.71. The van der Waals surface area contributed by atoms with Gasteiger partial charge in [-0.2, -0.15) is 18.2 Å². The van der Waals surface area contributed by atoms with E-state index in [9.17, 15) is 13.2 Å². The number of nitrogens with zero attached hydrogens (tertiary/aromatic N) is 2. The molecule has 0 aliphatic rings. The van der Waals surface area contributed by atoms with E-state index < -0.39 is 23.2 Å². The zero-order valence-electron chi connectivity index (χ0n) is 15.8. The van der Waals surface area contributed by atoms with Gasteiger partial charge in [-0.15, -0.1) is 0 Å². The summed E-state index contributed by atoms with van der Waals surface area (Å²) in [5.74, 6) is -0.449. The summed E-state index contributed by atoms with van der Waals surface area (Å²) in [7, 11) is 0. The maximum Gasteiger partial charge on any atom is 0.423 e. The molecule has 0 atom stereocenters. The summed E-state index contributed by atoms with van der Waals surface area (Å²) < 4.78 is 44.9. The molecule has 0 saturated heterocycles.